The van der Waals surface area contributed by atoms with Crippen LogP contribution in [0.4, 0.5) is 5.82 Å². The number of nitrogens with one attached hydrogen (secondary N) is 1. The summed E-state index contributed by atoms with van der Waals surface area (Å²) < 4.78 is 0.916. The summed E-state index contributed by atoms with van der Waals surface area (Å²) in [5, 5.41) is 3.32. The molecule has 0 atom stereocenters. The molecule has 2 aromatic heterocycles. The first-order valence-electron chi connectivity index (χ1n) is 6.74. The highest BCUT2D eigenvalue weighted by molar-refractivity contribution is 9.10. The number of aryl methyl sites for hydroxylation is 3. The molecule has 0 fully saturated rings. The Balaban J connectivity index is 2.48. The number of rotatable bonds is 4. The molecule has 0 bridgehead atoms. The molecule has 0 aliphatic heterocycles. The third-order valence-corrected chi connectivity index (χ3v) is 3.94. The van der Waals surface area contributed by atoms with Crippen LogP contribution in [0, 0.1) is 20.8 Å². The van der Waals surface area contributed by atoms with Crippen LogP contribution in [0.5, 0.6) is 0 Å². The van der Waals surface area contributed by atoms with Crippen molar-refractivity contribution in [1.82, 2.24) is 15.0 Å². The molecule has 0 unspecified atom stereocenters. The molecule has 0 spiro atoms. The lowest BCUT2D eigenvalue weighted by Gasteiger charge is -2.11. The van der Waals surface area contributed by atoms with Gasteiger partial charge in [-0.1, -0.05) is 13.0 Å². The average molecular weight is 335 g/mol. The highest BCUT2D eigenvalue weighted by atomic mass is 79.9. The molecular weight excluding hydrogens is 316 g/mol. The van der Waals surface area contributed by atoms with Crippen LogP contribution >= 0.6 is 15.9 Å². The van der Waals surface area contributed by atoms with Crippen molar-refractivity contribution in [3.05, 3.63) is 33.6 Å². The number of anilines is 1. The molecule has 106 valence electrons. The van der Waals surface area contributed by atoms with Crippen molar-refractivity contribution in [1.29, 1.82) is 0 Å². The van der Waals surface area contributed by atoms with E-state index in [1.165, 1.54) is 0 Å². The maximum absolute atomic E-state index is 4.60. The van der Waals surface area contributed by atoms with Gasteiger partial charge < -0.3 is 5.32 Å². The van der Waals surface area contributed by atoms with E-state index in [-0.39, 0.29) is 0 Å². The zero-order valence-corrected chi connectivity index (χ0v) is 13.9. The number of nitrogens with zero attached hydrogens (tertiary/aromatic N) is 3. The van der Waals surface area contributed by atoms with Crippen molar-refractivity contribution in [2.45, 2.75) is 34.1 Å². The molecule has 0 aliphatic rings. The summed E-state index contributed by atoms with van der Waals surface area (Å²) in [5.74, 6) is 1.50. The standard InChI is InChI=1S/C15H19BrN4/c1-5-6-17-14-12(16)11(4)19-15(20-14)13-10(3)7-9(2)8-18-13/h7-8H,5-6H2,1-4H3,(H,17,19,20). The molecule has 0 saturated carbocycles. The fraction of sp³-hybridized carbons (Fsp3) is 0.400. The fourth-order valence-corrected chi connectivity index (χ4v) is 2.29. The molecule has 0 aliphatic carbocycles. The number of pyridine rings is 1. The maximum Gasteiger partial charge on any atom is 0.180 e. The lowest BCUT2D eigenvalue weighted by Crippen LogP contribution is -2.07. The summed E-state index contributed by atoms with van der Waals surface area (Å²) in [5.41, 5.74) is 3.98. The second-order valence-corrected chi connectivity index (χ2v) is 5.69. The Morgan fingerprint density at radius 2 is 1.95 bits per heavy atom. The molecule has 2 aromatic rings. The van der Waals surface area contributed by atoms with E-state index >= 15 is 0 Å². The Morgan fingerprint density at radius 1 is 1.20 bits per heavy atom. The van der Waals surface area contributed by atoms with Gasteiger partial charge in [-0.2, -0.15) is 0 Å². The van der Waals surface area contributed by atoms with Gasteiger partial charge in [-0.25, -0.2) is 9.97 Å². The van der Waals surface area contributed by atoms with Crippen molar-refractivity contribution < 1.29 is 0 Å². The van der Waals surface area contributed by atoms with Crippen LogP contribution in [0.1, 0.15) is 30.2 Å². The third kappa shape index (κ3) is 3.15. The molecule has 2 heterocycles. The normalized spacial score (nSPS) is 10.7. The Kier molecular flexibility index (Phi) is 4.70. The molecule has 2 rings (SSSR count). The summed E-state index contributed by atoms with van der Waals surface area (Å²) in [4.78, 5) is 13.6. The average Bonchev–Trinajstić information content (AvgIpc) is 2.40. The Morgan fingerprint density at radius 3 is 2.60 bits per heavy atom. The molecule has 0 radical (unpaired) electrons. The Labute approximate surface area is 128 Å². The lowest BCUT2D eigenvalue weighted by atomic mass is 10.1. The van der Waals surface area contributed by atoms with Crippen LogP contribution in [0.15, 0.2) is 16.7 Å². The van der Waals surface area contributed by atoms with Crippen LogP contribution in [-0.2, 0) is 0 Å². The van der Waals surface area contributed by atoms with Gasteiger partial charge in [-0.05, 0) is 54.2 Å². The lowest BCUT2D eigenvalue weighted by molar-refractivity contribution is 0.956. The van der Waals surface area contributed by atoms with Gasteiger partial charge in [0.25, 0.3) is 0 Å². The fourth-order valence-electron chi connectivity index (χ4n) is 1.98. The van der Waals surface area contributed by atoms with Crippen LogP contribution in [0.3, 0.4) is 0 Å². The Hall–Kier alpha value is -1.49. The first kappa shape index (κ1) is 14.9. The minimum atomic E-state index is 0.668. The Bertz CT molecular complexity index is 626. The van der Waals surface area contributed by atoms with E-state index in [0.717, 1.165) is 45.8 Å². The zero-order chi connectivity index (χ0) is 14.7. The third-order valence-electron chi connectivity index (χ3n) is 2.99. The van der Waals surface area contributed by atoms with Gasteiger partial charge in [0, 0.05) is 12.7 Å². The van der Waals surface area contributed by atoms with E-state index in [0.29, 0.717) is 5.82 Å². The minimum absolute atomic E-state index is 0.668. The zero-order valence-electron chi connectivity index (χ0n) is 12.3. The second-order valence-electron chi connectivity index (χ2n) is 4.90. The highest BCUT2D eigenvalue weighted by Crippen LogP contribution is 2.27. The summed E-state index contributed by atoms with van der Waals surface area (Å²) >= 11 is 3.54. The van der Waals surface area contributed by atoms with Crippen molar-refractivity contribution in [2.75, 3.05) is 11.9 Å². The van der Waals surface area contributed by atoms with Gasteiger partial charge >= 0.3 is 0 Å². The number of halogens is 1. The van der Waals surface area contributed by atoms with E-state index in [2.05, 4.69) is 49.2 Å². The van der Waals surface area contributed by atoms with Crippen LogP contribution in [0.25, 0.3) is 11.5 Å². The topological polar surface area (TPSA) is 50.7 Å². The summed E-state index contributed by atoms with van der Waals surface area (Å²) in [7, 11) is 0. The van der Waals surface area contributed by atoms with Gasteiger partial charge in [0.15, 0.2) is 5.82 Å². The highest BCUT2D eigenvalue weighted by Gasteiger charge is 2.13. The van der Waals surface area contributed by atoms with Gasteiger partial charge in [0.2, 0.25) is 0 Å². The first-order valence-corrected chi connectivity index (χ1v) is 7.53. The maximum atomic E-state index is 4.60. The van der Waals surface area contributed by atoms with E-state index in [1.807, 2.05) is 27.0 Å². The van der Waals surface area contributed by atoms with Crippen LogP contribution in [0.2, 0.25) is 0 Å². The monoisotopic (exact) mass is 334 g/mol. The van der Waals surface area contributed by atoms with E-state index in [9.17, 15) is 0 Å². The number of hydrogen-bond acceptors (Lipinski definition) is 4. The van der Waals surface area contributed by atoms with E-state index < -0.39 is 0 Å². The van der Waals surface area contributed by atoms with Gasteiger partial charge in [-0.3, -0.25) is 4.98 Å². The van der Waals surface area contributed by atoms with Crippen molar-refractivity contribution in [3.63, 3.8) is 0 Å². The minimum Gasteiger partial charge on any atom is -0.369 e. The molecule has 0 aromatic carbocycles. The van der Waals surface area contributed by atoms with Gasteiger partial charge in [0.05, 0.1) is 10.2 Å². The molecule has 5 heteroatoms. The van der Waals surface area contributed by atoms with Crippen molar-refractivity contribution >= 4 is 21.7 Å². The summed E-state index contributed by atoms with van der Waals surface area (Å²) in [6.45, 7) is 9.05. The molecule has 20 heavy (non-hydrogen) atoms. The van der Waals surface area contributed by atoms with Crippen LogP contribution < -0.4 is 5.32 Å². The predicted molar refractivity (Wildman–Crippen MR) is 86.0 cm³/mol. The number of aromatic nitrogens is 3. The predicted octanol–water partition coefficient (Wildman–Crippen LogP) is 4.05. The number of hydrogen-bond donors (Lipinski definition) is 1. The second kappa shape index (κ2) is 6.31. The largest absolute Gasteiger partial charge is 0.369 e. The van der Waals surface area contributed by atoms with Gasteiger partial charge in [0.1, 0.15) is 11.5 Å². The molecular formula is C15H19BrN4. The van der Waals surface area contributed by atoms with E-state index in [4.69, 9.17) is 0 Å². The van der Waals surface area contributed by atoms with Crippen molar-refractivity contribution in [2.24, 2.45) is 0 Å². The van der Waals surface area contributed by atoms with Gasteiger partial charge in [-0.15, -0.1) is 0 Å². The SMILES string of the molecule is CCCNc1nc(-c2ncc(C)cc2C)nc(C)c1Br. The molecule has 0 amide bonds. The van der Waals surface area contributed by atoms with Crippen molar-refractivity contribution in [3.8, 4) is 11.5 Å². The molecule has 0 saturated heterocycles. The summed E-state index contributed by atoms with van der Waals surface area (Å²) in [6, 6.07) is 2.10. The molecule has 4 nitrogen and oxygen atoms in total. The van der Waals surface area contributed by atoms with E-state index in [1.54, 1.807) is 0 Å². The smallest absolute Gasteiger partial charge is 0.180 e. The first-order chi connectivity index (χ1) is 9.52. The molecule has 1 N–H and O–H groups in total. The quantitative estimate of drug-likeness (QED) is 0.916. The summed E-state index contributed by atoms with van der Waals surface area (Å²) in [6.07, 6.45) is 2.90. The van der Waals surface area contributed by atoms with Crippen LogP contribution in [-0.4, -0.2) is 21.5 Å².